The first kappa shape index (κ1) is 22.6. The van der Waals surface area contributed by atoms with E-state index in [0.29, 0.717) is 27.4 Å². The maximum Gasteiger partial charge on any atom is 0.234 e. The van der Waals surface area contributed by atoms with Crippen molar-refractivity contribution in [2.24, 2.45) is 7.05 Å². The monoisotopic (exact) mass is 459 g/mol. The lowest BCUT2D eigenvalue weighted by atomic mass is 10.2. The Morgan fingerprint density at radius 3 is 2.58 bits per heavy atom. The molecule has 3 rings (SSSR count). The molecule has 0 saturated heterocycles. The van der Waals surface area contributed by atoms with E-state index < -0.39 is 0 Å². The molecule has 31 heavy (non-hydrogen) atoms. The zero-order chi connectivity index (χ0) is 22.4. The smallest absolute Gasteiger partial charge is 0.234 e. The fraction of sp³-hybridized carbons (Fsp3) is 0.238. The van der Waals surface area contributed by atoms with Crippen LogP contribution in [-0.2, 0) is 23.1 Å². The molecule has 0 bridgehead atoms. The number of para-hydroxylation sites is 1. The van der Waals surface area contributed by atoms with Crippen LogP contribution in [0.2, 0.25) is 5.02 Å². The summed E-state index contributed by atoms with van der Waals surface area (Å²) in [4.78, 5) is 24.7. The Hall–Kier alpha value is -3.04. The lowest BCUT2D eigenvalue weighted by molar-refractivity contribution is -0.116. The van der Waals surface area contributed by atoms with Crippen LogP contribution in [0.3, 0.4) is 0 Å². The predicted molar refractivity (Wildman–Crippen MR) is 122 cm³/mol. The average Bonchev–Trinajstić information content (AvgIpc) is 3.07. The second-order valence-corrected chi connectivity index (χ2v) is 8.06. The summed E-state index contributed by atoms with van der Waals surface area (Å²) in [6, 6.07) is 12.5. The number of hydrogen-bond donors (Lipinski definition) is 2. The van der Waals surface area contributed by atoms with E-state index in [-0.39, 0.29) is 24.0 Å². The van der Waals surface area contributed by atoms with E-state index in [1.165, 1.54) is 18.9 Å². The van der Waals surface area contributed by atoms with Gasteiger partial charge in [0.05, 0.1) is 25.0 Å². The lowest BCUT2D eigenvalue weighted by Gasteiger charge is -2.10. The van der Waals surface area contributed by atoms with E-state index in [2.05, 4.69) is 20.8 Å². The molecule has 162 valence electrons. The highest BCUT2D eigenvalue weighted by Crippen LogP contribution is 2.28. The largest absolute Gasteiger partial charge is 0.495 e. The van der Waals surface area contributed by atoms with E-state index in [9.17, 15) is 9.59 Å². The Bertz CT molecular complexity index is 1100. The van der Waals surface area contributed by atoms with Gasteiger partial charge in [-0.15, -0.1) is 10.2 Å². The molecule has 0 spiro atoms. The van der Waals surface area contributed by atoms with Crippen molar-refractivity contribution in [3.05, 3.63) is 58.9 Å². The maximum atomic E-state index is 12.4. The van der Waals surface area contributed by atoms with Crippen molar-refractivity contribution >= 4 is 46.6 Å². The topological polar surface area (TPSA) is 98.1 Å². The fourth-order valence-corrected chi connectivity index (χ4v) is 3.67. The third kappa shape index (κ3) is 5.99. The fourth-order valence-electron chi connectivity index (χ4n) is 2.77. The van der Waals surface area contributed by atoms with Gasteiger partial charge in [0, 0.05) is 17.8 Å². The van der Waals surface area contributed by atoms with Crippen LogP contribution in [0.4, 0.5) is 11.4 Å². The number of benzene rings is 2. The Morgan fingerprint density at radius 2 is 1.84 bits per heavy atom. The van der Waals surface area contributed by atoms with Gasteiger partial charge in [0.1, 0.15) is 11.6 Å². The standard InChI is InChI=1S/C21H22ClN5O3S/c1-13-6-4-5-7-15(13)23-19(28)11-18-25-26-21(27(18)2)31-12-20(29)24-16-10-14(22)8-9-17(16)30-3/h4-10H,11-12H2,1-3H3,(H,23,28)(H,24,29). The molecule has 10 heteroatoms. The summed E-state index contributed by atoms with van der Waals surface area (Å²) in [6.07, 6.45) is 0.0737. The van der Waals surface area contributed by atoms with Gasteiger partial charge < -0.3 is 19.9 Å². The molecule has 2 N–H and O–H groups in total. The number of nitrogens with one attached hydrogen (secondary N) is 2. The molecule has 0 aliphatic carbocycles. The molecule has 0 saturated carbocycles. The van der Waals surface area contributed by atoms with Crippen LogP contribution in [0, 0.1) is 6.92 Å². The van der Waals surface area contributed by atoms with Gasteiger partial charge in [-0.3, -0.25) is 9.59 Å². The number of amides is 2. The van der Waals surface area contributed by atoms with Gasteiger partial charge in [0.15, 0.2) is 5.16 Å². The molecule has 2 amide bonds. The number of anilines is 2. The van der Waals surface area contributed by atoms with Crippen molar-refractivity contribution in [1.29, 1.82) is 0 Å². The van der Waals surface area contributed by atoms with E-state index in [0.717, 1.165) is 11.3 Å². The molecule has 8 nitrogen and oxygen atoms in total. The summed E-state index contributed by atoms with van der Waals surface area (Å²) in [5, 5.41) is 14.8. The van der Waals surface area contributed by atoms with Crippen molar-refractivity contribution in [1.82, 2.24) is 14.8 Å². The van der Waals surface area contributed by atoms with E-state index >= 15 is 0 Å². The second-order valence-electron chi connectivity index (χ2n) is 6.68. The van der Waals surface area contributed by atoms with Crippen LogP contribution in [0.1, 0.15) is 11.4 Å². The van der Waals surface area contributed by atoms with Crippen molar-refractivity contribution < 1.29 is 14.3 Å². The van der Waals surface area contributed by atoms with Crippen LogP contribution < -0.4 is 15.4 Å². The molecule has 2 aromatic carbocycles. The van der Waals surface area contributed by atoms with E-state index in [1.54, 1.807) is 29.8 Å². The molecular formula is C21H22ClN5O3S. The number of ether oxygens (including phenoxy) is 1. The second kappa shape index (κ2) is 10.3. The summed E-state index contributed by atoms with van der Waals surface area (Å²) in [7, 11) is 3.28. The van der Waals surface area contributed by atoms with E-state index in [4.69, 9.17) is 16.3 Å². The number of thioether (sulfide) groups is 1. The SMILES string of the molecule is COc1ccc(Cl)cc1NC(=O)CSc1nnc(CC(=O)Nc2ccccc2C)n1C. The van der Waals surface area contributed by atoms with Gasteiger partial charge in [-0.1, -0.05) is 41.6 Å². The highest BCUT2D eigenvalue weighted by molar-refractivity contribution is 7.99. The molecule has 0 aliphatic rings. The van der Waals surface area contributed by atoms with Gasteiger partial charge >= 0.3 is 0 Å². The normalized spacial score (nSPS) is 10.6. The molecule has 0 radical (unpaired) electrons. The summed E-state index contributed by atoms with van der Waals surface area (Å²) in [6.45, 7) is 1.93. The highest BCUT2D eigenvalue weighted by Gasteiger charge is 2.16. The molecule has 3 aromatic rings. The lowest BCUT2D eigenvalue weighted by Crippen LogP contribution is -2.18. The minimum absolute atomic E-state index is 0.0737. The molecule has 1 heterocycles. The van der Waals surface area contributed by atoms with Crippen LogP contribution >= 0.6 is 23.4 Å². The first-order chi connectivity index (χ1) is 14.9. The van der Waals surface area contributed by atoms with E-state index in [1.807, 2.05) is 31.2 Å². The molecule has 0 aliphatic heterocycles. The minimum Gasteiger partial charge on any atom is -0.495 e. The Labute approximate surface area is 189 Å². The Kier molecular flexibility index (Phi) is 7.54. The summed E-state index contributed by atoms with van der Waals surface area (Å²) in [5.74, 6) is 0.699. The number of halogens is 1. The quantitative estimate of drug-likeness (QED) is 0.498. The van der Waals surface area contributed by atoms with Crippen molar-refractivity contribution in [2.45, 2.75) is 18.5 Å². The summed E-state index contributed by atoms with van der Waals surface area (Å²) >= 11 is 7.21. The number of methoxy groups -OCH3 is 1. The van der Waals surface area contributed by atoms with Gasteiger partial charge in [0.2, 0.25) is 11.8 Å². The number of hydrogen-bond acceptors (Lipinski definition) is 6. The van der Waals surface area contributed by atoms with Gasteiger partial charge in [-0.2, -0.15) is 0 Å². The molecule has 0 atom stereocenters. The third-order valence-corrected chi connectivity index (χ3v) is 5.69. The van der Waals surface area contributed by atoms with Crippen molar-refractivity contribution in [3.63, 3.8) is 0 Å². The minimum atomic E-state index is -0.243. The third-order valence-electron chi connectivity index (χ3n) is 4.43. The summed E-state index contributed by atoms with van der Waals surface area (Å²) < 4.78 is 6.93. The molecule has 1 aromatic heterocycles. The van der Waals surface area contributed by atoms with Gasteiger partial charge in [0.25, 0.3) is 0 Å². The number of carbonyl (C=O) groups is 2. The highest BCUT2D eigenvalue weighted by atomic mass is 35.5. The number of carbonyl (C=O) groups excluding carboxylic acids is 2. The van der Waals surface area contributed by atoms with Gasteiger partial charge in [-0.05, 0) is 36.8 Å². The van der Waals surface area contributed by atoms with Crippen molar-refractivity contribution in [2.75, 3.05) is 23.5 Å². The van der Waals surface area contributed by atoms with Crippen LogP contribution in [-0.4, -0.2) is 39.4 Å². The number of aryl methyl sites for hydroxylation is 1. The van der Waals surface area contributed by atoms with Crippen LogP contribution in [0.25, 0.3) is 0 Å². The van der Waals surface area contributed by atoms with Crippen LogP contribution in [0.15, 0.2) is 47.6 Å². The number of rotatable bonds is 8. The average molecular weight is 460 g/mol. The molecule has 0 fully saturated rings. The van der Waals surface area contributed by atoms with Crippen molar-refractivity contribution in [3.8, 4) is 5.75 Å². The van der Waals surface area contributed by atoms with Gasteiger partial charge in [-0.25, -0.2) is 0 Å². The first-order valence-electron chi connectivity index (χ1n) is 9.37. The Morgan fingerprint density at radius 1 is 1.10 bits per heavy atom. The molecular weight excluding hydrogens is 438 g/mol. The first-order valence-corrected chi connectivity index (χ1v) is 10.7. The number of aromatic nitrogens is 3. The molecule has 0 unspecified atom stereocenters. The Balaban J connectivity index is 1.57. The predicted octanol–water partition coefficient (Wildman–Crippen LogP) is 3.70. The van der Waals surface area contributed by atoms with Crippen LogP contribution in [0.5, 0.6) is 5.75 Å². The zero-order valence-electron chi connectivity index (χ0n) is 17.3. The summed E-state index contributed by atoms with van der Waals surface area (Å²) in [5.41, 5.74) is 2.23. The maximum absolute atomic E-state index is 12.4. The zero-order valence-corrected chi connectivity index (χ0v) is 18.9. The number of nitrogens with zero attached hydrogens (tertiary/aromatic N) is 3.